The number of fused-ring (bicyclic) bond motifs is 3. The van der Waals surface area contributed by atoms with Crippen LogP contribution in [-0.2, 0) is 6.42 Å². The van der Waals surface area contributed by atoms with E-state index in [1.54, 1.807) is 0 Å². The summed E-state index contributed by atoms with van der Waals surface area (Å²) in [7, 11) is 0. The number of aromatic nitrogens is 1. The lowest BCUT2D eigenvalue weighted by Crippen LogP contribution is -2.50. The van der Waals surface area contributed by atoms with E-state index in [1.165, 1.54) is 36.0 Å². The molecule has 3 heteroatoms. The Hall–Kier alpha value is -1.61. The van der Waals surface area contributed by atoms with Crippen molar-refractivity contribution in [2.24, 2.45) is 11.8 Å². The third-order valence-corrected chi connectivity index (χ3v) is 6.32. The summed E-state index contributed by atoms with van der Waals surface area (Å²) < 4.78 is 2.07. The van der Waals surface area contributed by atoms with Crippen LogP contribution < -0.4 is 0 Å². The number of benzene rings is 1. The monoisotopic (exact) mass is 294 g/mol. The average Bonchev–Trinajstić information content (AvgIpc) is 2.90. The van der Waals surface area contributed by atoms with Gasteiger partial charge in [-0.2, -0.15) is 0 Å². The van der Waals surface area contributed by atoms with Crippen LogP contribution in [0.25, 0.3) is 10.9 Å². The van der Waals surface area contributed by atoms with Crippen molar-refractivity contribution in [2.45, 2.75) is 38.6 Å². The van der Waals surface area contributed by atoms with E-state index < -0.39 is 0 Å². The highest BCUT2D eigenvalue weighted by Crippen LogP contribution is 2.50. The van der Waals surface area contributed by atoms with Crippen LogP contribution in [0, 0.1) is 11.8 Å². The van der Waals surface area contributed by atoms with Crippen LogP contribution in [0.4, 0.5) is 0 Å². The second kappa shape index (κ2) is 4.45. The molecular formula is C19H22N2O. The largest absolute Gasteiger partial charge is 0.294 e. The lowest BCUT2D eigenvalue weighted by Gasteiger charge is -2.50. The van der Waals surface area contributed by atoms with Crippen molar-refractivity contribution < 1.29 is 4.79 Å². The van der Waals surface area contributed by atoms with Crippen LogP contribution in [-0.4, -0.2) is 28.5 Å². The SMILES string of the molecule is CC[C@@H]1CCN2CCc3c4n(c5ccccc35)C(=O)CC1[C@H]42. The van der Waals surface area contributed by atoms with E-state index in [4.69, 9.17) is 0 Å². The van der Waals surface area contributed by atoms with Gasteiger partial charge in [0, 0.05) is 24.0 Å². The summed E-state index contributed by atoms with van der Waals surface area (Å²) in [6, 6.07) is 8.97. The van der Waals surface area contributed by atoms with Crippen LogP contribution in [0.2, 0.25) is 0 Å². The summed E-state index contributed by atoms with van der Waals surface area (Å²) in [6.45, 7) is 4.65. The second-order valence-corrected chi connectivity index (χ2v) is 7.17. The molecule has 0 aliphatic carbocycles. The molecule has 0 radical (unpaired) electrons. The maximum absolute atomic E-state index is 12.9. The van der Waals surface area contributed by atoms with Crippen LogP contribution >= 0.6 is 0 Å². The first-order valence-corrected chi connectivity index (χ1v) is 8.69. The summed E-state index contributed by atoms with van der Waals surface area (Å²) in [5.74, 6) is 1.56. The number of carbonyl (C=O) groups excluding carboxylic acids is 1. The van der Waals surface area contributed by atoms with Crippen molar-refractivity contribution in [2.75, 3.05) is 13.1 Å². The van der Waals surface area contributed by atoms with Gasteiger partial charge in [-0.25, -0.2) is 0 Å². The van der Waals surface area contributed by atoms with Gasteiger partial charge in [-0.1, -0.05) is 31.5 Å². The lowest BCUT2D eigenvalue weighted by molar-refractivity contribution is 0.0164. The van der Waals surface area contributed by atoms with Crippen molar-refractivity contribution in [3.63, 3.8) is 0 Å². The van der Waals surface area contributed by atoms with Gasteiger partial charge in [0.25, 0.3) is 0 Å². The average molecular weight is 294 g/mol. The maximum atomic E-state index is 12.9. The molecule has 0 bridgehead atoms. The van der Waals surface area contributed by atoms with Crippen LogP contribution in [0.1, 0.15) is 48.3 Å². The summed E-state index contributed by atoms with van der Waals surface area (Å²) in [5.41, 5.74) is 3.93. The van der Waals surface area contributed by atoms with E-state index in [2.05, 4.69) is 40.7 Å². The first-order valence-electron chi connectivity index (χ1n) is 8.69. The molecule has 0 spiro atoms. The zero-order chi connectivity index (χ0) is 14.8. The van der Waals surface area contributed by atoms with Gasteiger partial charge in [0.05, 0.1) is 11.6 Å². The highest BCUT2D eigenvalue weighted by atomic mass is 16.2. The molecule has 1 aromatic heterocycles. The molecule has 114 valence electrons. The summed E-state index contributed by atoms with van der Waals surface area (Å²) in [6.07, 6.45) is 4.29. The fourth-order valence-corrected chi connectivity index (χ4v) is 5.34. The molecule has 1 unspecified atom stereocenters. The zero-order valence-corrected chi connectivity index (χ0v) is 13.1. The van der Waals surface area contributed by atoms with Gasteiger partial charge in [-0.15, -0.1) is 0 Å². The van der Waals surface area contributed by atoms with Crippen molar-refractivity contribution in [3.05, 3.63) is 35.5 Å². The van der Waals surface area contributed by atoms with E-state index >= 15 is 0 Å². The normalized spacial score (nSPS) is 30.6. The molecule has 4 heterocycles. The van der Waals surface area contributed by atoms with E-state index in [0.29, 0.717) is 23.8 Å². The first-order chi connectivity index (χ1) is 10.8. The highest BCUT2D eigenvalue weighted by Gasteiger charge is 2.47. The molecule has 2 aromatic rings. The van der Waals surface area contributed by atoms with E-state index in [1.807, 2.05) is 0 Å². The fourth-order valence-electron chi connectivity index (χ4n) is 5.34. The topological polar surface area (TPSA) is 25.2 Å². The number of hydrogen-bond acceptors (Lipinski definition) is 2. The van der Waals surface area contributed by atoms with Gasteiger partial charge in [0.1, 0.15) is 0 Å². The number of carbonyl (C=O) groups is 1. The number of rotatable bonds is 1. The Morgan fingerprint density at radius 3 is 2.95 bits per heavy atom. The van der Waals surface area contributed by atoms with Gasteiger partial charge in [-0.3, -0.25) is 14.3 Å². The first kappa shape index (κ1) is 12.9. The van der Waals surface area contributed by atoms with Gasteiger partial charge in [0.15, 0.2) is 0 Å². The Bertz CT molecular complexity index is 775. The predicted octanol–water partition coefficient (Wildman–Crippen LogP) is 3.63. The Kier molecular flexibility index (Phi) is 2.61. The molecule has 3 nitrogen and oxygen atoms in total. The van der Waals surface area contributed by atoms with Crippen molar-refractivity contribution >= 4 is 16.8 Å². The zero-order valence-electron chi connectivity index (χ0n) is 13.1. The molecule has 3 aliphatic heterocycles. The highest BCUT2D eigenvalue weighted by molar-refractivity contribution is 5.97. The molecule has 5 rings (SSSR count). The maximum Gasteiger partial charge on any atom is 0.231 e. The van der Waals surface area contributed by atoms with Crippen LogP contribution in [0.15, 0.2) is 24.3 Å². The molecular weight excluding hydrogens is 272 g/mol. The third kappa shape index (κ3) is 1.48. The standard InChI is InChI=1S/C19H22N2O/c1-2-12-7-9-20-10-8-14-13-5-3-4-6-16(13)21-17(22)11-15(12)18(20)19(14)21/h3-6,12,15,18H,2,7-11H2,1H3/t12-,15?,18-/m1/s1. The van der Waals surface area contributed by atoms with Gasteiger partial charge >= 0.3 is 0 Å². The summed E-state index contributed by atoms with van der Waals surface area (Å²) in [4.78, 5) is 15.6. The molecule has 0 amide bonds. The molecule has 22 heavy (non-hydrogen) atoms. The Balaban J connectivity index is 1.81. The molecule has 3 aliphatic rings. The quantitative estimate of drug-likeness (QED) is 0.802. The number of nitrogens with zero attached hydrogens (tertiary/aromatic N) is 2. The summed E-state index contributed by atoms with van der Waals surface area (Å²) >= 11 is 0. The van der Waals surface area contributed by atoms with Crippen molar-refractivity contribution in [1.82, 2.24) is 9.47 Å². The van der Waals surface area contributed by atoms with E-state index in [0.717, 1.165) is 24.9 Å². The molecule has 1 saturated heterocycles. The summed E-state index contributed by atoms with van der Waals surface area (Å²) in [5, 5.41) is 1.31. The molecule has 0 saturated carbocycles. The molecule has 3 atom stereocenters. The predicted molar refractivity (Wildman–Crippen MR) is 87.1 cm³/mol. The van der Waals surface area contributed by atoms with Crippen LogP contribution in [0.5, 0.6) is 0 Å². The van der Waals surface area contributed by atoms with Gasteiger partial charge in [-0.05, 0) is 42.9 Å². The minimum absolute atomic E-state index is 0.320. The fraction of sp³-hybridized carbons (Fsp3) is 0.526. The number of para-hydroxylation sites is 1. The Labute approximate surface area is 130 Å². The van der Waals surface area contributed by atoms with E-state index in [9.17, 15) is 4.79 Å². The number of hydrogen-bond donors (Lipinski definition) is 0. The molecule has 1 aromatic carbocycles. The van der Waals surface area contributed by atoms with Crippen molar-refractivity contribution in [1.29, 1.82) is 0 Å². The minimum atomic E-state index is 0.320. The second-order valence-electron chi connectivity index (χ2n) is 7.17. The smallest absolute Gasteiger partial charge is 0.231 e. The van der Waals surface area contributed by atoms with Crippen LogP contribution in [0.3, 0.4) is 0 Å². The van der Waals surface area contributed by atoms with Gasteiger partial charge < -0.3 is 0 Å². The van der Waals surface area contributed by atoms with Crippen molar-refractivity contribution in [3.8, 4) is 0 Å². The number of piperidine rings is 1. The lowest BCUT2D eigenvalue weighted by atomic mass is 9.71. The Morgan fingerprint density at radius 1 is 1.23 bits per heavy atom. The third-order valence-electron chi connectivity index (χ3n) is 6.32. The molecule has 1 fully saturated rings. The van der Waals surface area contributed by atoms with E-state index in [-0.39, 0.29) is 0 Å². The Morgan fingerprint density at radius 2 is 2.09 bits per heavy atom. The van der Waals surface area contributed by atoms with Gasteiger partial charge in [0.2, 0.25) is 5.91 Å². The molecule has 0 N–H and O–H groups in total. The minimum Gasteiger partial charge on any atom is -0.294 e.